The monoisotopic (exact) mass is 494 g/mol. The standard InChI is InChI=1S/C31H30N2O4/c1-5-33-16-22(24-14-23(35-4)10-11-26(24)33)13-28-30(34)29-20(3)12-27-25(31(29)37-28)17-32(18-36-27)15-21-8-6-19(2)7-9-21/h6-14,16H,5,15,17-18H2,1-4H3/b28-13-. The van der Waals surface area contributed by atoms with Crippen LogP contribution in [0.4, 0.5) is 0 Å². The van der Waals surface area contributed by atoms with E-state index in [1.165, 1.54) is 11.1 Å². The van der Waals surface area contributed by atoms with E-state index in [1.54, 1.807) is 7.11 Å². The first kappa shape index (κ1) is 23.4. The van der Waals surface area contributed by atoms with Crippen molar-refractivity contribution < 1.29 is 19.0 Å². The van der Waals surface area contributed by atoms with Gasteiger partial charge in [0, 0.05) is 42.3 Å². The van der Waals surface area contributed by atoms with E-state index in [-0.39, 0.29) is 5.78 Å². The molecule has 3 heterocycles. The van der Waals surface area contributed by atoms with Crippen LogP contribution in [0.25, 0.3) is 17.0 Å². The number of aryl methyl sites for hydroxylation is 3. The lowest BCUT2D eigenvalue weighted by molar-refractivity contribution is 0.0872. The van der Waals surface area contributed by atoms with Gasteiger partial charge in [-0.25, -0.2) is 0 Å². The molecule has 6 nitrogen and oxygen atoms in total. The zero-order valence-electron chi connectivity index (χ0n) is 21.6. The number of Topliss-reactive ketones (excluding diaryl/α,β-unsaturated/α-hetero) is 1. The summed E-state index contributed by atoms with van der Waals surface area (Å²) in [5, 5.41) is 1.02. The van der Waals surface area contributed by atoms with Crippen LogP contribution in [-0.2, 0) is 19.6 Å². The lowest BCUT2D eigenvalue weighted by Gasteiger charge is -2.30. The van der Waals surface area contributed by atoms with Crippen LogP contribution in [0.5, 0.6) is 17.2 Å². The number of rotatable bonds is 5. The fourth-order valence-corrected chi connectivity index (χ4v) is 5.28. The number of carbonyl (C=O) groups excluding carboxylic acids is 1. The number of benzene rings is 3. The topological polar surface area (TPSA) is 52.9 Å². The number of hydrogen-bond donors (Lipinski definition) is 0. The highest BCUT2D eigenvalue weighted by atomic mass is 16.5. The second-order valence-electron chi connectivity index (χ2n) is 9.81. The molecule has 188 valence electrons. The quantitative estimate of drug-likeness (QED) is 0.307. The summed E-state index contributed by atoms with van der Waals surface area (Å²) in [6.07, 6.45) is 3.92. The predicted molar refractivity (Wildman–Crippen MR) is 144 cm³/mol. The van der Waals surface area contributed by atoms with Gasteiger partial charge >= 0.3 is 0 Å². The molecule has 1 aromatic heterocycles. The van der Waals surface area contributed by atoms with Gasteiger partial charge in [0.1, 0.15) is 24.0 Å². The van der Waals surface area contributed by atoms with Gasteiger partial charge in [0.25, 0.3) is 0 Å². The second-order valence-corrected chi connectivity index (χ2v) is 9.81. The number of ether oxygens (including phenoxy) is 3. The normalized spacial score (nSPS) is 16.0. The maximum absolute atomic E-state index is 13.6. The zero-order valence-corrected chi connectivity index (χ0v) is 21.6. The average Bonchev–Trinajstić information content (AvgIpc) is 3.43. The Morgan fingerprint density at radius 1 is 1.08 bits per heavy atom. The van der Waals surface area contributed by atoms with Gasteiger partial charge < -0.3 is 18.8 Å². The van der Waals surface area contributed by atoms with Gasteiger partial charge in [-0.15, -0.1) is 0 Å². The fourth-order valence-electron chi connectivity index (χ4n) is 5.28. The van der Waals surface area contributed by atoms with Crippen LogP contribution in [0, 0.1) is 13.8 Å². The first-order chi connectivity index (χ1) is 17.9. The van der Waals surface area contributed by atoms with Crippen LogP contribution in [0.1, 0.15) is 45.1 Å². The summed E-state index contributed by atoms with van der Waals surface area (Å²) in [6, 6.07) is 16.5. The van der Waals surface area contributed by atoms with E-state index in [4.69, 9.17) is 14.2 Å². The summed E-state index contributed by atoms with van der Waals surface area (Å²) in [7, 11) is 1.66. The van der Waals surface area contributed by atoms with Crippen molar-refractivity contribution in [2.75, 3.05) is 13.8 Å². The molecular formula is C31H30N2O4. The minimum Gasteiger partial charge on any atom is -0.497 e. The number of nitrogens with zero attached hydrogens (tertiary/aromatic N) is 2. The lowest BCUT2D eigenvalue weighted by atomic mass is 9.98. The van der Waals surface area contributed by atoms with Crippen molar-refractivity contribution in [2.24, 2.45) is 0 Å². The summed E-state index contributed by atoms with van der Waals surface area (Å²) in [4.78, 5) is 15.8. The fraction of sp³-hybridized carbons (Fsp3) is 0.258. The van der Waals surface area contributed by atoms with Gasteiger partial charge in [0.05, 0.1) is 18.2 Å². The van der Waals surface area contributed by atoms with Crippen LogP contribution in [0.2, 0.25) is 0 Å². The Hall–Kier alpha value is -4.03. The van der Waals surface area contributed by atoms with E-state index in [1.807, 2.05) is 37.3 Å². The van der Waals surface area contributed by atoms with Crippen LogP contribution in [-0.4, -0.2) is 29.1 Å². The van der Waals surface area contributed by atoms with Gasteiger partial charge in [-0.2, -0.15) is 0 Å². The Bertz CT molecular complexity index is 1560. The van der Waals surface area contributed by atoms with Gasteiger partial charge in [-0.3, -0.25) is 9.69 Å². The SMILES string of the molecule is CCn1cc(/C=C2\Oc3c4c(cc(C)c3C2=O)OCN(Cc2ccc(C)cc2)C4)c2cc(OC)ccc21. The van der Waals surface area contributed by atoms with Crippen LogP contribution < -0.4 is 14.2 Å². The Morgan fingerprint density at radius 2 is 1.89 bits per heavy atom. The number of hydrogen-bond acceptors (Lipinski definition) is 5. The number of ketones is 1. The number of carbonyl (C=O) groups is 1. The third-order valence-electron chi connectivity index (χ3n) is 7.26. The molecule has 0 bridgehead atoms. The van der Waals surface area contributed by atoms with Crippen molar-refractivity contribution in [3.05, 3.63) is 93.9 Å². The molecule has 0 N–H and O–H groups in total. The molecule has 0 saturated carbocycles. The number of fused-ring (bicyclic) bond motifs is 4. The molecule has 2 aliphatic rings. The molecule has 0 spiro atoms. The molecule has 37 heavy (non-hydrogen) atoms. The number of allylic oxidation sites excluding steroid dienone is 1. The Kier molecular flexibility index (Phi) is 5.76. The third kappa shape index (κ3) is 4.07. The van der Waals surface area contributed by atoms with Crippen LogP contribution >= 0.6 is 0 Å². The molecular weight excluding hydrogens is 464 g/mol. The van der Waals surface area contributed by atoms with Gasteiger partial charge in [-0.1, -0.05) is 29.8 Å². The second kappa shape index (κ2) is 9.12. The molecule has 0 saturated heterocycles. The van der Waals surface area contributed by atoms with Gasteiger partial charge in [-0.05, 0) is 62.2 Å². The zero-order chi connectivity index (χ0) is 25.7. The summed E-state index contributed by atoms with van der Waals surface area (Å²) in [5.41, 5.74) is 6.90. The Labute approximate surface area is 216 Å². The maximum atomic E-state index is 13.6. The highest BCUT2D eigenvalue weighted by Crippen LogP contribution is 2.44. The average molecular weight is 495 g/mol. The van der Waals surface area contributed by atoms with Crippen molar-refractivity contribution in [1.82, 2.24) is 9.47 Å². The maximum Gasteiger partial charge on any atom is 0.232 e. The smallest absolute Gasteiger partial charge is 0.232 e. The molecule has 0 aliphatic carbocycles. The molecule has 0 amide bonds. The van der Waals surface area contributed by atoms with Crippen molar-refractivity contribution in [1.29, 1.82) is 0 Å². The van der Waals surface area contributed by atoms with Gasteiger partial charge in [0.15, 0.2) is 5.76 Å². The Morgan fingerprint density at radius 3 is 2.65 bits per heavy atom. The molecule has 0 atom stereocenters. The summed E-state index contributed by atoms with van der Waals surface area (Å²) in [5.74, 6) is 2.43. The molecule has 0 unspecified atom stereocenters. The van der Waals surface area contributed by atoms with E-state index in [9.17, 15) is 4.79 Å². The number of aromatic nitrogens is 1. The van der Waals surface area contributed by atoms with E-state index in [0.717, 1.165) is 52.2 Å². The number of methoxy groups -OCH3 is 1. The summed E-state index contributed by atoms with van der Waals surface area (Å²) in [6.45, 7) is 8.86. The lowest BCUT2D eigenvalue weighted by Crippen LogP contribution is -2.31. The van der Waals surface area contributed by atoms with Crippen molar-refractivity contribution in [3.63, 3.8) is 0 Å². The highest BCUT2D eigenvalue weighted by Gasteiger charge is 2.35. The molecule has 0 radical (unpaired) electrons. The first-order valence-electron chi connectivity index (χ1n) is 12.6. The molecule has 2 aliphatic heterocycles. The largest absolute Gasteiger partial charge is 0.497 e. The third-order valence-corrected chi connectivity index (χ3v) is 7.26. The predicted octanol–water partition coefficient (Wildman–Crippen LogP) is 6.25. The van der Waals surface area contributed by atoms with Gasteiger partial charge in [0.2, 0.25) is 5.78 Å². The van der Waals surface area contributed by atoms with E-state index >= 15 is 0 Å². The van der Waals surface area contributed by atoms with Crippen LogP contribution in [0.3, 0.4) is 0 Å². The molecule has 0 fully saturated rings. The van der Waals surface area contributed by atoms with Crippen LogP contribution in [0.15, 0.2) is 60.5 Å². The van der Waals surface area contributed by atoms with Crippen molar-refractivity contribution >= 4 is 22.8 Å². The van der Waals surface area contributed by atoms with E-state index in [0.29, 0.717) is 30.3 Å². The van der Waals surface area contributed by atoms with E-state index in [2.05, 4.69) is 53.8 Å². The molecule has 6 rings (SSSR count). The molecule has 3 aromatic carbocycles. The summed E-state index contributed by atoms with van der Waals surface area (Å²) < 4.78 is 20.1. The first-order valence-corrected chi connectivity index (χ1v) is 12.6. The molecule has 4 aromatic rings. The van der Waals surface area contributed by atoms with Crippen molar-refractivity contribution in [2.45, 2.75) is 40.4 Å². The van der Waals surface area contributed by atoms with Crippen molar-refractivity contribution in [3.8, 4) is 17.2 Å². The molecule has 6 heteroatoms. The summed E-state index contributed by atoms with van der Waals surface area (Å²) >= 11 is 0. The minimum absolute atomic E-state index is 0.0914. The highest BCUT2D eigenvalue weighted by molar-refractivity contribution is 6.16. The minimum atomic E-state index is -0.0914. The Balaban J connectivity index is 1.35. The van der Waals surface area contributed by atoms with E-state index < -0.39 is 0 Å².